The van der Waals surface area contributed by atoms with E-state index in [1.54, 1.807) is 10.9 Å². The van der Waals surface area contributed by atoms with Gasteiger partial charge >= 0.3 is 0 Å². The number of amides is 1. The van der Waals surface area contributed by atoms with Crippen molar-refractivity contribution in [2.75, 3.05) is 19.0 Å². The number of nitrogens with zero attached hydrogens (tertiary/aromatic N) is 4. The van der Waals surface area contributed by atoms with Gasteiger partial charge in [0.25, 0.3) is 0 Å². The summed E-state index contributed by atoms with van der Waals surface area (Å²) in [6, 6.07) is 10.0. The van der Waals surface area contributed by atoms with Crippen molar-refractivity contribution in [3.05, 3.63) is 53.9 Å². The molecule has 0 unspecified atom stereocenters. The van der Waals surface area contributed by atoms with Gasteiger partial charge in [0.1, 0.15) is 5.82 Å². The van der Waals surface area contributed by atoms with Crippen LogP contribution >= 0.6 is 0 Å². The number of hydrogen-bond donors (Lipinski definition) is 1. The number of fused-ring (bicyclic) bond motifs is 1. The predicted octanol–water partition coefficient (Wildman–Crippen LogP) is 2.28. The topological polar surface area (TPSA) is 63.1 Å². The fraction of sp³-hybridized carbons (Fsp3) is 0.316. The van der Waals surface area contributed by atoms with Crippen molar-refractivity contribution in [3.8, 4) is 0 Å². The monoisotopic (exact) mass is 337 g/mol. The maximum absolute atomic E-state index is 12.2. The van der Waals surface area contributed by atoms with Gasteiger partial charge in [-0.25, -0.2) is 4.98 Å². The van der Waals surface area contributed by atoms with Crippen LogP contribution in [0.4, 0.5) is 5.82 Å². The Morgan fingerprint density at radius 3 is 2.80 bits per heavy atom. The largest absolute Gasteiger partial charge is 0.363 e. The van der Waals surface area contributed by atoms with Crippen LogP contribution in [-0.4, -0.2) is 34.8 Å². The van der Waals surface area contributed by atoms with Crippen molar-refractivity contribution >= 4 is 22.6 Å². The Hall–Kier alpha value is -2.89. The smallest absolute Gasteiger partial charge is 0.220 e. The van der Waals surface area contributed by atoms with Crippen LogP contribution in [0.1, 0.15) is 17.5 Å². The zero-order valence-electron chi connectivity index (χ0n) is 14.9. The summed E-state index contributed by atoms with van der Waals surface area (Å²) in [7, 11) is 5.81. The Morgan fingerprint density at radius 2 is 2.08 bits per heavy atom. The first kappa shape index (κ1) is 17.0. The number of carbonyl (C=O) groups is 1. The van der Waals surface area contributed by atoms with Gasteiger partial charge in [0.05, 0.1) is 11.7 Å². The van der Waals surface area contributed by atoms with Crippen LogP contribution in [0, 0.1) is 0 Å². The molecular formula is C19H23N5O. The molecule has 3 rings (SSSR count). The molecule has 0 aliphatic carbocycles. The molecule has 25 heavy (non-hydrogen) atoms. The van der Waals surface area contributed by atoms with E-state index in [-0.39, 0.29) is 5.91 Å². The molecule has 6 heteroatoms. The van der Waals surface area contributed by atoms with Gasteiger partial charge in [-0.1, -0.05) is 18.2 Å². The third-order valence-electron chi connectivity index (χ3n) is 4.12. The summed E-state index contributed by atoms with van der Waals surface area (Å²) in [5.74, 6) is 0.925. The quantitative estimate of drug-likeness (QED) is 0.749. The summed E-state index contributed by atoms with van der Waals surface area (Å²) in [4.78, 5) is 18.8. The van der Waals surface area contributed by atoms with Gasteiger partial charge in [0, 0.05) is 45.7 Å². The molecule has 0 radical (unpaired) electrons. The molecule has 0 fully saturated rings. The van der Waals surface area contributed by atoms with Crippen LogP contribution in [0.5, 0.6) is 0 Å². The fourth-order valence-electron chi connectivity index (χ4n) is 2.75. The highest BCUT2D eigenvalue weighted by atomic mass is 16.1. The molecule has 6 nitrogen and oxygen atoms in total. The van der Waals surface area contributed by atoms with Gasteiger partial charge in [-0.05, 0) is 29.7 Å². The summed E-state index contributed by atoms with van der Waals surface area (Å²) in [5, 5.41) is 8.21. The van der Waals surface area contributed by atoms with Gasteiger partial charge in [-0.2, -0.15) is 5.10 Å². The number of aromatic nitrogens is 3. The lowest BCUT2D eigenvalue weighted by Crippen LogP contribution is -2.23. The lowest BCUT2D eigenvalue weighted by Gasteiger charge is -2.15. The average molecular weight is 337 g/mol. The maximum atomic E-state index is 12.2. The van der Waals surface area contributed by atoms with Crippen molar-refractivity contribution in [1.82, 2.24) is 20.1 Å². The van der Waals surface area contributed by atoms with E-state index in [4.69, 9.17) is 0 Å². The normalized spacial score (nSPS) is 10.8. The van der Waals surface area contributed by atoms with E-state index in [0.717, 1.165) is 27.8 Å². The molecule has 0 bridgehead atoms. The van der Waals surface area contributed by atoms with Crippen LogP contribution in [0.15, 0.2) is 42.7 Å². The van der Waals surface area contributed by atoms with E-state index in [9.17, 15) is 4.79 Å². The Bertz CT molecular complexity index is 884. The van der Waals surface area contributed by atoms with E-state index in [1.807, 2.05) is 62.6 Å². The minimum atomic E-state index is 0.0381. The molecule has 0 aliphatic rings. The van der Waals surface area contributed by atoms with Gasteiger partial charge in [0.15, 0.2) is 0 Å². The second kappa shape index (κ2) is 7.34. The number of carbonyl (C=O) groups excluding carboxylic acids is 1. The third-order valence-corrected chi connectivity index (χ3v) is 4.12. The number of benzene rings is 1. The molecule has 3 aromatic rings. The molecule has 0 saturated heterocycles. The van der Waals surface area contributed by atoms with Gasteiger partial charge in [-0.15, -0.1) is 0 Å². The van der Waals surface area contributed by atoms with Crippen molar-refractivity contribution in [3.63, 3.8) is 0 Å². The van der Waals surface area contributed by atoms with Crippen LogP contribution in [0.3, 0.4) is 0 Å². The number of pyridine rings is 1. The van der Waals surface area contributed by atoms with E-state index < -0.39 is 0 Å². The van der Waals surface area contributed by atoms with Gasteiger partial charge < -0.3 is 10.2 Å². The third kappa shape index (κ3) is 4.15. The van der Waals surface area contributed by atoms with Gasteiger partial charge in [-0.3, -0.25) is 9.48 Å². The summed E-state index contributed by atoms with van der Waals surface area (Å²) in [6.45, 7) is 0.496. The second-order valence-corrected chi connectivity index (χ2v) is 6.35. The first-order chi connectivity index (χ1) is 12.0. The van der Waals surface area contributed by atoms with Crippen molar-refractivity contribution in [2.24, 2.45) is 7.05 Å². The molecule has 2 heterocycles. The second-order valence-electron chi connectivity index (χ2n) is 6.35. The summed E-state index contributed by atoms with van der Waals surface area (Å²) in [6.07, 6.45) is 4.88. The highest BCUT2D eigenvalue weighted by Crippen LogP contribution is 2.22. The lowest BCUT2D eigenvalue weighted by molar-refractivity contribution is -0.121. The number of anilines is 1. The van der Waals surface area contributed by atoms with E-state index in [2.05, 4.69) is 15.4 Å². The van der Waals surface area contributed by atoms with Crippen LogP contribution in [-0.2, 0) is 24.8 Å². The van der Waals surface area contributed by atoms with Crippen LogP contribution < -0.4 is 10.2 Å². The zero-order valence-corrected chi connectivity index (χ0v) is 14.9. The Morgan fingerprint density at radius 1 is 1.28 bits per heavy atom. The highest BCUT2D eigenvalue weighted by molar-refractivity contribution is 5.85. The van der Waals surface area contributed by atoms with E-state index >= 15 is 0 Å². The molecule has 1 amide bonds. The number of nitrogens with one attached hydrogen (secondary N) is 1. The number of aryl methyl sites for hydroxylation is 2. The van der Waals surface area contributed by atoms with Crippen molar-refractivity contribution < 1.29 is 4.79 Å². The van der Waals surface area contributed by atoms with E-state index in [1.165, 1.54) is 0 Å². The standard InChI is InChI=1S/C19H23N5O/c1-23(2)18-10-15(16-6-4-5-7-17(16)22-18)12-20-19(25)9-8-14-11-21-24(3)13-14/h4-7,10-11,13H,8-9,12H2,1-3H3,(H,20,25). The number of para-hydroxylation sites is 1. The highest BCUT2D eigenvalue weighted by Gasteiger charge is 2.09. The Balaban J connectivity index is 1.68. The molecule has 0 saturated carbocycles. The molecule has 130 valence electrons. The molecule has 2 aromatic heterocycles. The van der Waals surface area contributed by atoms with E-state index in [0.29, 0.717) is 19.4 Å². The first-order valence-corrected chi connectivity index (χ1v) is 8.33. The summed E-state index contributed by atoms with van der Waals surface area (Å²) in [5.41, 5.74) is 3.08. The molecule has 0 aliphatic heterocycles. The number of rotatable bonds is 6. The van der Waals surface area contributed by atoms with Gasteiger partial charge in [0.2, 0.25) is 5.91 Å². The first-order valence-electron chi connectivity index (χ1n) is 8.33. The molecule has 1 aromatic carbocycles. The van der Waals surface area contributed by atoms with Crippen LogP contribution in [0.2, 0.25) is 0 Å². The lowest BCUT2D eigenvalue weighted by atomic mass is 10.1. The molecular weight excluding hydrogens is 314 g/mol. The minimum absolute atomic E-state index is 0.0381. The van der Waals surface area contributed by atoms with Crippen molar-refractivity contribution in [2.45, 2.75) is 19.4 Å². The van der Waals surface area contributed by atoms with Crippen molar-refractivity contribution in [1.29, 1.82) is 0 Å². The Labute approximate surface area is 147 Å². The van der Waals surface area contributed by atoms with Crippen LogP contribution in [0.25, 0.3) is 10.9 Å². The Kier molecular flexibility index (Phi) is 4.97. The summed E-state index contributed by atoms with van der Waals surface area (Å²) >= 11 is 0. The zero-order chi connectivity index (χ0) is 17.8. The fourth-order valence-corrected chi connectivity index (χ4v) is 2.75. The SMILES string of the molecule is CN(C)c1cc(CNC(=O)CCc2cnn(C)c2)c2ccccc2n1. The summed E-state index contributed by atoms with van der Waals surface area (Å²) < 4.78 is 1.75. The molecule has 0 atom stereocenters. The average Bonchev–Trinajstić information content (AvgIpc) is 3.03. The molecule has 0 spiro atoms. The minimum Gasteiger partial charge on any atom is -0.363 e. The number of hydrogen-bond acceptors (Lipinski definition) is 4. The maximum Gasteiger partial charge on any atom is 0.220 e. The molecule has 1 N–H and O–H groups in total. The predicted molar refractivity (Wildman–Crippen MR) is 99.4 cm³/mol.